The number of nitrogens with zero attached hydrogens (tertiary/aromatic N) is 7. The summed E-state index contributed by atoms with van der Waals surface area (Å²) in [7, 11) is 3.40. The second-order valence-electron chi connectivity index (χ2n) is 6.31. The zero-order valence-electron chi connectivity index (χ0n) is 14.7. The molecule has 10 nitrogen and oxygen atoms in total. The SMILES string of the molecule is COCc1nc(CN2CCn3nc([C@@H](O)c4ccnn4C)cc3C2)no1. The molecule has 0 fully saturated rings. The number of hydrogen-bond donors (Lipinski definition) is 1. The quantitative estimate of drug-likeness (QED) is 0.667. The summed E-state index contributed by atoms with van der Waals surface area (Å²) in [4.78, 5) is 6.53. The van der Waals surface area contributed by atoms with Gasteiger partial charge in [-0.05, 0) is 12.1 Å². The van der Waals surface area contributed by atoms with Crippen LogP contribution in [-0.2, 0) is 38.0 Å². The van der Waals surface area contributed by atoms with Crippen molar-refractivity contribution < 1.29 is 14.4 Å². The first-order chi connectivity index (χ1) is 12.6. The lowest BCUT2D eigenvalue weighted by atomic mass is 10.1. The first-order valence-corrected chi connectivity index (χ1v) is 8.39. The van der Waals surface area contributed by atoms with Gasteiger partial charge >= 0.3 is 0 Å². The lowest BCUT2D eigenvalue weighted by Crippen LogP contribution is -2.33. The summed E-state index contributed by atoms with van der Waals surface area (Å²) >= 11 is 0. The number of aliphatic hydroxyl groups excluding tert-OH is 1. The second kappa shape index (κ2) is 6.98. The molecule has 1 atom stereocenters. The molecule has 0 bridgehead atoms. The lowest BCUT2D eigenvalue weighted by molar-refractivity contribution is 0.151. The maximum Gasteiger partial charge on any atom is 0.252 e. The number of hydrogen-bond acceptors (Lipinski definition) is 8. The first kappa shape index (κ1) is 16.9. The molecule has 4 rings (SSSR count). The van der Waals surface area contributed by atoms with Crippen LogP contribution >= 0.6 is 0 Å². The van der Waals surface area contributed by atoms with Crippen LogP contribution in [0.4, 0.5) is 0 Å². The van der Waals surface area contributed by atoms with Gasteiger partial charge in [0.25, 0.3) is 5.89 Å². The molecule has 1 aliphatic rings. The fourth-order valence-corrected chi connectivity index (χ4v) is 3.15. The van der Waals surface area contributed by atoms with Crippen LogP contribution in [0.2, 0.25) is 0 Å². The summed E-state index contributed by atoms with van der Waals surface area (Å²) in [5.41, 5.74) is 2.40. The third-order valence-corrected chi connectivity index (χ3v) is 4.46. The van der Waals surface area contributed by atoms with Gasteiger partial charge in [0, 0.05) is 33.4 Å². The highest BCUT2D eigenvalue weighted by Crippen LogP contribution is 2.23. The third-order valence-electron chi connectivity index (χ3n) is 4.46. The second-order valence-corrected chi connectivity index (χ2v) is 6.31. The fourth-order valence-electron chi connectivity index (χ4n) is 3.15. The summed E-state index contributed by atoms with van der Waals surface area (Å²) in [5, 5.41) is 23.2. The van der Waals surface area contributed by atoms with E-state index in [4.69, 9.17) is 9.26 Å². The van der Waals surface area contributed by atoms with Crippen LogP contribution < -0.4 is 0 Å². The Labute approximate surface area is 150 Å². The van der Waals surface area contributed by atoms with Crippen LogP contribution in [0.25, 0.3) is 0 Å². The Hall–Kier alpha value is -2.56. The van der Waals surface area contributed by atoms with Gasteiger partial charge in [-0.3, -0.25) is 14.3 Å². The fraction of sp³-hybridized carbons (Fsp3) is 0.500. The largest absolute Gasteiger partial charge is 0.380 e. The Morgan fingerprint density at radius 2 is 2.27 bits per heavy atom. The molecular weight excluding hydrogens is 338 g/mol. The van der Waals surface area contributed by atoms with E-state index in [1.807, 2.05) is 10.7 Å². The van der Waals surface area contributed by atoms with Gasteiger partial charge in [0.05, 0.1) is 30.2 Å². The molecule has 1 aliphatic heterocycles. The Bertz CT molecular complexity index is 884. The van der Waals surface area contributed by atoms with Gasteiger partial charge in [-0.1, -0.05) is 5.16 Å². The van der Waals surface area contributed by atoms with Crippen molar-refractivity contribution in [2.24, 2.45) is 7.05 Å². The summed E-state index contributed by atoms with van der Waals surface area (Å²) in [6.07, 6.45) is 0.877. The third kappa shape index (κ3) is 3.26. The summed E-state index contributed by atoms with van der Waals surface area (Å²) < 4.78 is 13.7. The highest BCUT2D eigenvalue weighted by molar-refractivity contribution is 5.22. The average molecular weight is 359 g/mol. The minimum absolute atomic E-state index is 0.315. The Morgan fingerprint density at radius 3 is 3.04 bits per heavy atom. The van der Waals surface area contributed by atoms with Crippen molar-refractivity contribution in [3.05, 3.63) is 47.1 Å². The summed E-state index contributed by atoms with van der Waals surface area (Å²) in [6.45, 7) is 3.19. The van der Waals surface area contributed by atoms with Crippen LogP contribution in [0, 0.1) is 0 Å². The first-order valence-electron chi connectivity index (χ1n) is 8.39. The van der Waals surface area contributed by atoms with Gasteiger partial charge in [0.1, 0.15) is 12.7 Å². The normalized spacial score (nSPS) is 16.0. The van der Waals surface area contributed by atoms with Crippen LogP contribution in [0.1, 0.15) is 34.9 Å². The zero-order chi connectivity index (χ0) is 18.1. The van der Waals surface area contributed by atoms with Crippen molar-refractivity contribution in [2.75, 3.05) is 13.7 Å². The molecule has 0 amide bonds. The van der Waals surface area contributed by atoms with Crippen LogP contribution in [0.15, 0.2) is 22.9 Å². The predicted octanol–water partition coefficient (Wildman–Crippen LogP) is 0.243. The van der Waals surface area contributed by atoms with E-state index < -0.39 is 6.10 Å². The number of methoxy groups -OCH3 is 1. The monoisotopic (exact) mass is 359 g/mol. The summed E-state index contributed by atoms with van der Waals surface area (Å²) in [5.74, 6) is 1.12. The molecule has 0 saturated heterocycles. The van der Waals surface area contributed by atoms with E-state index >= 15 is 0 Å². The number of aromatic nitrogens is 6. The molecule has 0 aromatic carbocycles. The maximum atomic E-state index is 10.6. The number of rotatable bonds is 6. The molecule has 3 aromatic heterocycles. The minimum atomic E-state index is -0.789. The Morgan fingerprint density at radius 1 is 1.38 bits per heavy atom. The van der Waals surface area contributed by atoms with Gasteiger partial charge in [-0.25, -0.2) is 0 Å². The molecule has 138 valence electrons. The highest BCUT2D eigenvalue weighted by Gasteiger charge is 2.24. The molecule has 0 spiro atoms. The predicted molar refractivity (Wildman–Crippen MR) is 88.6 cm³/mol. The molecular formula is C16H21N7O3. The maximum absolute atomic E-state index is 10.6. The van der Waals surface area contributed by atoms with Crippen molar-refractivity contribution in [1.29, 1.82) is 0 Å². The topological polar surface area (TPSA) is 107 Å². The number of aryl methyl sites for hydroxylation is 1. The van der Waals surface area contributed by atoms with Crippen LogP contribution in [0.5, 0.6) is 0 Å². The standard InChI is InChI=1S/C16H21N7O3/c1-21-13(3-4-17-21)16(24)12-7-11-8-22(5-6-23(11)19-12)9-14-18-15(10-25-2)26-20-14/h3-4,7,16,24H,5-6,8-10H2,1-2H3/t16-/m1/s1. The van der Waals surface area contributed by atoms with E-state index in [0.29, 0.717) is 37.1 Å². The van der Waals surface area contributed by atoms with Gasteiger partial charge < -0.3 is 14.4 Å². The van der Waals surface area contributed by atoms with E-state index in [1.165, 1.54) is 0 Å². The molecule has 0 unspecified atom stereocenters. The molecule has 4 heterocycles. The van der Waals surface area contributed by atoms with Crippen molar-refractivity contribution in [3.63, 3.8) is 0 Å². The number of ether oxygens (including phenoxy) is 1. The lowest BCUT2D eigenvalue weighted by Gasteiger charge is -2.26. The van der Waals surface area contributed by atoms with Crippen molar-refractivity contribution in [3.8, 4) is 0 Å². The minimum Gasteiger partial charge on any atom is -0.380 e. The average Bonchev–Trinajstić information content (AvgIpc) is 3.34. The van der Waals surface area contributed by atoms with Crippen molar-refractivity contribution in [1.82, 2.24) is 34.6 Å². The molecule has 10 heteroatoms. The molecule has 0 aliphatic carbocycles. The van der Waals surface area contributed by atoms with Crippen LogP contribution in [-0.4, -0.2) is 53.4 Å². The van der Waals surface area contributed by atoms with Gasteiger partial charge in [-0.2, -0.15) is 15.2 Å². The Kier molecular flexibility index (Phi) is 4.53. The van der Waals surface area contributed by atoms with E-state index in [2.05, 4.69) is 25.2 Å². The van der Waals surface area contributed by atoms with Crippen molar-refractivity contribution in [2.45, 2.75) is 32.3 Å². The zero-order valence-corrected chi connectivity index (χ0v) is 14.7. The molecule has 1 N–H and O–H groups in total. The molecule has 3 aromatic rings. The molecule has 0 radical (unpaired) electrons. The number of aliphatic hydroxyl groups is 1. The van der Waals surface area contributed by atoms with Gasteiger partial charge in [0.15, 0.2) is 5.82 Å². The summed E-state index contributed by atoms with van der Waals surface area (Å²) in [6, 6.07) is 3.74. The number of fused-ring (bicyclic) bond motifs is 1. The van der Waals surface area contributed by atoms with Gasteiger partial charge in [-0.15, -0.1) is 0 Å². The van der Waals surface area contributed by atoms with E-state index in [1.54, 1.807) is 31.1 Å². The Balaban J connectivity index is 1.45. The van der Waals surface area contributed by atoms with Gasteiger partial charge in [0.2, 0.25) is 0 Å². The molecule has 0 saturated carbocycles. The van der Waals surface area contributed by atoms with E-state index in [0.717, 1.165) is 24.5 Å². The van der Waals surface area contributed by atoms with E-state index in [9.17, 15) is 5.11 Å². The van der Waals surface area contributed by atoms with E-state index in [-0.39, 0.29) is 0 Å². The van der Waals surface area contributed by atoms with Crippen LogP contribution in [0.3, 0.4) is 0 Å². The molecule has 26 heavy (non-hydrogen) atoms. The highest BCUT2D eigenvalue weighted by atomic mass is 16.5. The van der Waals surface area contributed by atoms with Crippen molar-refractivity contribution >= 4 is 0 Å². The smallest absolute Gasteiger partial charge is 0.252 e.